The molecule has 2 N–H and O–H groups in total. The van der Waals surface area contributed by atoms with E-state index >= 15 is 0 Å². The van der Waals surface area contributed by atoms with Gasteiger partial charge in [0.15, 0.2) is 11.5 Å². The highest BCUT2D eigenvalue weighted by molar-refractivity contribution is 5.41. The number of hydrogen-bond donors (Lipinski definition) is 2. The lowest BCUT2D eigenvalue weighted by atomic mass is 10.1. The third kappa shape index (κ3) is 3.37. The molecule has 1 aliphatic rings. The normalized spacial score (nSPS) is 16.3. The molecule has 0 saturated heterocycles. The minimum Gasteiger partial charge on any atom is -0.504 e. The van der Waals surface area contributed by atoms with E-state index in [1.807, 2.05) is 12.1 Å². The lowest BCUT2D eigenvalue weighted by Crippen LogP contribution is -2.20. The quantitative estimate of drug-likeness (QED) is 0.824. The van der Waals surface area contributed by atoms with Crippen molar-refractivity contribution in [1.82, 2.24) is 5.32 Å². The molecule has 0 atom stereocenters. The molecule has 0 radical (unpaired) electrons. The smallest absolute Gasteiger partial charge is 0.160 e. The van der Waals surface area contributed by atoms with Gasteiger partial charge in [0.1, 0.15) is 0 Å². The zero-order valence-corrected chi connectivity index (χ0v) is 10.4. The zero-order chi connectivity index (χ0) is 12.1. The molecule has 0 spiro atoms. The summed E-state index contributed by atoms with van der Waals surface area (Å²) < 4.78 is 5.09. The Morgan fingerprint density at radius 1 is 1.35 bits per heavy atom. The van der Waals surface area contributed by atoms with Gasteiger partial charge in [-0.05, 0) is 43.0 Å². The Hall–Kier alpha value is -1.22. The lowest BCUT2D eigenvalue weighted by molar-refractivity contribution is 0.372. The van der Waals surface area contributed by atoms with E-state index in [9.17, 15) is 5.11 Å². The van der Waals surface area contributed by atoms with Crippen LogP contribution in [-0.4, -0.2) is 18.8 Å². The van der Waals surface area contributed by atoms with Gasteiger partial charge < -0.3 is 15.2 Å². The Bertz CT molecular complexity index is 359. The minimum absolute atomic E-state index is 0.201. The number of nitrogens with one attached hydrogen (secondary N) is 1. The molecule has 1 aliphatic carbocycles. The largest absolute Gasteiger partial charge is 0.504 e. The molecule has 1 saturated carbocycles. The maximum atomic E-state index is 9.49. The van der Waals surface area contributed by atoms with Crippen molar-refractivity contribution < 1.29 is 9.84 Å². The predicted molar refractivity (Wildman–Crippen MR) is 68.3 cm³/mol. The maximum Gasteiger partial charge on any atom is 0.160 e. The van der Waals surface area contributed by atoms with Crippen LogP contribution in [0, 0.1) is 5.92 Å². The van der Waals surface area contributed by atoms with Gasteiger partial charge in [0.25, 0.3) is 0 Å². The molecule has 1 aromatic carbocycles. The van der Waals surface area contributed by atoms with Gasteiger partial charge >= 0.3 is 0 Å². The second kappa shape index (κ2) is 5.92. The van der Waals surface area contributed by atoms with Crippen LogP contribution in [0.15, 0.2) is 18.2 Å². The van der Waals surface area contributed by atoms with Crippen LogP contribution in [0.4, 0.5) is 0 Å². The summed E-state index contributed by atoms with van der Waals surface area (Å²) in [5, 5.41) is 13.0. The van der Waals surface area contributed by atoms with E-state index < -0.39 is 0 Å². The number of benzene rings is 1. The van der Waals surface area contributed by atoms with Crippen LogP contribution in [0.2, 0.25) is 0 Å². The molecule has 94 valence electrons. The van der Waals surface area contributed by atoms with Crippen LogP contribution in [0.5, 0.6) is 11.5 Å². The van der Waals surface area contributed by atoms with Crippen molar-refractivity contribution in [2.24, 2.45) is 5.92 Å². The van der Waals surface area contributed by atoms with Gasteiger partial charge in [0, 0.05) is 6.54 Å². The van der Waals surface area contributed by atoms with E-state index in [-0.39, 0.29) is 5.75 Å². The van der Waals surface area contributed by atoms with Crippen LogP contribution in [-0.2, 0) is 6.54 Å². The molecule has 3 nitrogen and oxygen atoms in total. The van der Waals surface area contributed by atoms with E-state index in [1.165, 1.54) is 25.7 Å². The summed E-state index contributed by atoms with van der Waals surface area (Å²) in [6.07, 6.45) is 5.51. The average molecular weight is 235 g/mol. The molecule has 1 aromatic rings. The second-order valence-electron chi connectivity index (χ2n) is 4.79. The first-order valence-electron chi connectivity index (χ1n) is 6.36. The van der Waals surface area contributed by atoms with Crippen LogP contribution in [0.1, 0.15) is 31.2 Å². The van der Waals surface area contributed by atoms with Gasteiger partial charge in [-0.1, -0.05) is 18.9 Å². The average Bonchev–Trinajstić information content (AvgIpc) is 2.84. The van der Waals surface area contributed by atoms with E-state index in [1.54, 1.807) is 13.2 Å². The Kier molecular flexibility index (Phi) is 4.26. The van der Waals surface area contributed by atoms with Crippen molar-refractivity contribution in [2.75, 3.05) is 13.7 Å². The Balaban J connectivity index is 1.81. The van der Waals surface area contributed by atoms with Crippen molar-refractivity contribution in [2.45, 2.75) is 32.2 Å². The Morgan fingerprint density at radius 3 is 2.82 bits per heavy atom. The Morgan fingerprint density at radius 2 is 2.12 bits per heavy atom. The van der Waals surface area contributed by atoms with Crippen LogP contribution >= 0.6 is 0 Å². The SMILES string of the molecule is COc1cc(CNCC2CCCC2)ccc1O. The summed E-state index contributed by atoms with van der Waals surface area (Å²) in [5.41, 5.74) is 1.15. The maximum absolute atomic E-state index is 9.49. The van der Waals surface area contributed by atoms with Gasteiger partial charge in [-0.3, -0.25) is 0 Å². The summed E-state index contributed by atoms with van der Waals surface area (Å²) in [7, 11) is 1.57. The highest BCUT2D eigenvalue weighted by Crippen LogP contribution is 2.26. The molecule has 3 heteroatoms. The highest BCUT2D eigenvalue weighted by Gasteiger charge is 2.14. The molecule has 0 amide bonds. The van der Waals surface area contributed by atoms with Gasteiger partial charge in [0.05, 0.1) is 7.11 Å². The lowest BCUT2D eigenvalue weighted by Gasteiger charge is -2.11. The standard InChI is InChI=1S/C14H21NO2/c1-17-14-8-12(6-7-13(14)16)10-15-9-11-4-2-3-5-11/h6-8,11,15-16H,2-5,9-10H2,1H3. The summed E-state index contributed by atoms with van der Waals surface area (Å²) in [4.78, 5) is 0. The molecule has 0 unspecified atom stereocenters. The molecular formula is C14H21NO2. The fraction of sp³-hybridized carbons (Fsp3) is 0.571. The third-order valence-corrected chi connectivity index (χ3v) is 3.48. The summed E-state index contributed by atoms with van der Waals surface area (Å²) in [6.45, 7) is 1.94. The van der Waals surface area contributed by atoms with Crippen molar-refractivity contribution in [3.63, 3.8) is 0 Å². The van der Waals surface area contributed by atoms with Gasteiger partial charge in [-0.25, -0.2) is 0 Å². The number of methoxy groups -OCH3 is 1. The molecule has 17 heavy (non-hydrogen) atoms. The topological polar surface area (TPSA) is 41.5 Å². The summed E-state index contributed by atoms with van der Waals surface area (Å²) in [6, 6.07) is 5.50. The fourth-order valence-electron chi connectivity index (χ4n) is 2.47. The minimum atomic E-state index is 0.201. The molecule has 0 aromatic heterocycles. The van der Waals surface area contributed by atoms with Gasteiger partial charge in [-0.2, -0.15) is 0 Å². The number of rotatable bonds is 5. The van der Waals surface area contributed by atoms with Crippen molar-refractivity contribution in [3.8, 4) is 11.5 Å². The molecule has 0 heterocycles. The van der Waals surface area contributed by atoms with Crippen LogP contribution in [0.3, 0.4) is 0 Å². The number of hydrogen-bond acceptors (Lipinski definition) is 3. The van der Waals surface area contributed by atoms with E-state index in [0.717, 1.165) is 24.6 Å². The van der Waals surface area contributed by atoms with Crippen molar-refractivity contribution in [3.05, 3.63) is 23.8 Å². The molecule has 2 rings (SSSR count). The number of aromatic hydroxyl groups is 1. The monoisotopic (exact) mass is 235 g/mol. The van der Waals surface area contributed by atoms with E-state index in [0.29, 0.717) is 5.75 Å². The van der Waals surface area contributed by atoms with Crippen molar-refractivity contribution in [1.29, 1.82) is 0 Å². The number of ether oxygens (including phenoxy) is 1. The molecule has 0 bridgehead atoms. The summed E-state index contributed by atoms with van der Waals surface area (Å²) >= 11 is 0. The predicted octanol–water partition coefficient (Wildman–Crippen LogP) is 2.68. The van der Waals surface area contributed by atoms with Gasteiger partial charge in [0.2, 0.25) is 0 Å². The highest BCUT2D eigenvalue weighted by atomic mass is 16.5. The zero-order valence-electron chi connectivity index (χ0n) is 10.4. The summed E-state index contributed by atoms with van der Waals surface area (Å²) in [5.74, 6) is 1.60. The first-order valence-corrected chi connectivity index (χ1v) is 6.36. The molecule has 1 fully saturated rings. The van der Waals surface area contributed by atoms with Crippen LogP contribution < -0.4 is 10.1 Å². The first kappa shape index (κ1) is 12.2. The Labute approximate surface area is 103 Å². The third-order valence-electron chi connectivity index (χ3n) is 3.48. The van der Waals surface area contributed by atoms with Crippen LogP contribution in [0.25, 0.3) is 0 Å². The molecular weight excluding hydrogens is 214 g/mol. The number of phenolic OH excluding ortho intramolecular Hbond substituents is 1. The van der Waals surface area contributed by atoms with Crippen molar-refractivity contribution >= 4 is 0 Å². The fourth-order valence-corrected chi connectivity index (χ4v) is 2.47. The second-order valence-corrected chi connectivity index (χ2v) is 4.79. The number of phenols is 1. The first-order chi connectivity index (χ1) is 8.29. The van der Waals surface area contributed by atoms with E-state index in [2.05, 4.69) is 5.32 Å². The molecule has 0 aliphatic heterocycles. The van der Waals surface area contributed by atoms with Gasteiger partial charge in [-0.15, -0.1) is 0 Å². The van der Waals surface area contributed by atoms with E-state index in [4.69, 9.17) is 4.74 Å².